The second kappa shape index (κ2) is 6.96. The number of aromatic nitrogens is 1. The van der Waals surface area contributed by atoms with E-state index in [0.29, 0.717) is 22.6 Å². The standard InChI is InChI=1S/C22H17NO4/c1-26-18-9-8-15-10-14(6-7-16(15)12-18)11-17(13-21(24)25)22-23-19-4-2-3-5-20(19)27-22/h2-12H,13H2,1H3,(H,24,25). The first-order valence-corrected chi connectivity index (χ1v) is 8.48. The van der Waals surface area contributed by atoms with Crippen LogP contribution in [0.15, 0.2) is 65.1 Å². The lowest BCUT2D eigenvalue weighted by atomic mass is 10.0. The number of fused-ring (bicyclic) bond motifs is 2. The summed E-state index contributed by atoms with van der Waals surface area (Å²) in [6.45, 7) is 0. The van der Waals surface area contributed by atoms with Crippen molar-refractivity contribution in [2.24, 2.45) is 0 Å². The molecule has 134 valence electrons. The van der Waals surface area contributed by atoms with E-state index in [-0.39, 0.29) is 6.42 Å². The number of para-hydroxylation sites is 2. The third-order valence-electron chi connectivity index (χ3n) is 4.32. The van der Waals surface area contributed by atoms with Crippen LogP contribution in [0.1, 0.15) is 17.9 Å². The maximum Gasteiger partial charge on any atom is 0.308 e. The van der Waals surface area contributed by atoms with E-state index < -0.39 is 5.97 Å². The Morgan fingerprint density at radius 1 is 1.11 bits per heavy atom. The fourth-order valence-corrected chi connectivity index (χ4v) is 3.02. The van der Waals surface area contributed by atoms with Gasteiger partial charge in [-0.15, -0.1) is 0 Å². The molecule has 5 nitrogen and oxygen atoms in total. The van der Waals surface area contributed by atoms with Crippen molar-refractivity contribution >= 4 is 39.5 Å². The van der Waals surface area contributed by atoms with Gasteiger partial charge >= 0.3 is 5.97 Å². The molecule has 4 aromatic rings. The van der Waals surface area contributed by atoms with Crippen LogP contribution in [0.4, 0.5) is 0 Å². The van der Waals surface area contributed by atoms with Crippen LogP contribution in [-0.4, -0.2) is 23.2 Å². The van der Waals surface area contributed by atoms with Gasteiger partial charge in [-0.1, -0.05) is 30.3 Å². The van der Waals surface area contributed by atoms with Gasteiger partial charge in [0.25, 0.3) is 0 Å². The van der Waals surface area contributed by atoms with Gasteiger partial charge in [0.15, 0.2) is 5.58 Å². The first kappa shape index (κ1) is 16.8. The van der Waals surface area contributed by atoms with Crippen LogP contribution < -0.4 is 4.74 Å². The van der Waals surface area contributed by atoms with Crippen LogP contribution in [0.2, 0.25) is 0 Å². The summed E-state index contributed by atoms with van der Waals surface area (Å²) < 4.78 is 11.0. The van der Waals surface area contributed by atoms with E-state index in [4.69, 9.17) is 9.15 Å². The van der Waals surface area contributed by atoms with Gasteiger partial charge in [0.05, 0.1) is 13.5 Å². The van der Waals surface area contributed by atoms with Gasteiger partial charge in [-0.05, 0) is 52.7 Å². The van der Waals surface area contributed by atoms with E-state index in [1.807, 2.05) is 66.7 Å². The number of hydrogen-bond acceptors (Lipinski definition) is 4. The second-order valence-electron chi connectivity index (χ2n) is 6.20. The summed E-state index contributed by atoms with van der Waals surface area (Å²) in [5.74, 6) is 0.186. The molecular formula is C22H17NO4. The van der Waals surface area contributed by atoms with Gasteiger partial charge in [0.1, 0.15) is 11.3 Å². The molecule has 0 aliphatic heterocycles. The van der Waals surface area contributed by atoms with Crippen LogP contribution in [0.5, 0.6) is 5.75 Å². The third-order valence-corrected chi connectivity index (χ3v) is 4.32. The molecule has 5 heteroatoms. The van der Waals surface area contributed by atoms with Gasteiger partial charge in [0, 0.05) is 5.57 Å². The molecule has 0 aliphatic rings. The molecule has 1 N–H and O–H groups in total. The number of carboxylic acid groups (broad SMARTS) is 1. The molecule has 0 bridgehead atoms. The Hall–Kier alpha value is -3.60. The first-order valence-electron chi connectivity index (χ1n) is 8.48. The molecule has 0 atom stereocenters. The molecule has 0 saturated heterocycles. The lowest BCUT2D eigenvalue weighted by Crippen LogP contribution is -1.97. The fourth-order valence-electron chi connectivity index (χ4n) is 3.02. The van der Waals surface area contributed by atoms with E-state index >= 15 is 0 Å². The van der Waals surface area contributed by atoms with Crippen molar-refractivity contribution in [1.29, 1.82) is 0 Å². The molecule has 3 aromatic carbocycles. The Balaban J connectivity index is 1.78. The van der Waals surface area contributed by atoms with Crippen LogP contribution in [-0.2, 0) is 4.79 Å². The zero-order valence-corrected chi connectivity index (χ0v) is 14.7. The normalized spacial score (nSPS) is 11.8. The predicted molar refractivity (Wildman–Crippen MR) is 105 cm³/mol. The second-order valence-corrected chi connectivity index (χ2v) is 6.20. The van der Waals surface area contributed by atoms with Crippen molar-refractivity contribution in [2.45, 2.75) is 6.42 Å². The molecule has 0 saturated carbocycles. The summed E-state index contributed by atoms with van der Waals surface area (Å²) in [4.78, 5) is 15.8. The summed E-state index contributed by atoms with van der Waals surface area (Å²) in [6.07, 6.45) is 1.63. The summed E-state index contributed by atoms with van der Waals surface area (Å²) >= 11 is 0. The van der Waals surface area contributed by atoms with Crippen molar-refractivity contribution in [2.75, 3.05) is 7.11 Å². The van der Waals surface area contributed by atoms with E-state index in [1.165, 1.54) is 0 Å². The number of carboxylic acids is 1. The molecule has 1 heterocycles. The monoisotopic (exact) mass is 359 g/mol. The molecule has 0 amide bonds. The molecular weight excluding hydrogens is 342 g/mol. The number of carbonyl (C=O) groups is 1. The molecule has 27 heavy (non-hydrogen) atoms. The maximum atomic E-state index is 11.3. The molecule has 0 spiro atoms. The van der Waals surface area contributed by atoms with Crippen LogP contribution >= 0.6 is 0 Å². The van der Waals surface area contributed by atoms with E-state index in [9.17, 15) is 9.90 Å². The lowest BCUT2D eigenvalue weighted by molar-refractivity contribution is -0.135. The topological polar surface area (TPSA) is 72.6 Å². The Kier molecular flexibility index (Phi) is 4.34. The lowest BCUT2D eigenvalue weighted by Gasteiger charge is -2.05. The average molecular weight is 359 g/mol. The molecule has 1 aromatic heterocycles. The van der Waals surface area contributed by atoms with Crippen molar-refractivity contribution in [3.8, 4) is 5.75 Å². The summed E-state index contributed by atoms with van der Waals surface area (Å²) in [6, 6.07) is 19.1. The largest absolute Gasteiger partial charge is 0.497 e. The van der Waals surface area contributed by atoms with Gasteiger partial charge < -0.3 is 14.3 Å². The molecule has 4 rings (SSSR count). The zero-order valence-electron chi connectivity index (χ0n) is 14.7. The van der Waals surface area contributed by atoms with Crippen molar-refractivity contribution in [3.63, 3.8) is 0 Å². The summed E-state index contributed by atoms with van der Waals surface area (Å²) in [7, 11) is 1.64. The number of methoxy groups -OCH3 is 1. The molecule has 0 fully saturated rings. The Bertz CT molecular complexity index is 1140. The fraction of sp³-hybridized carbons (Fsp3) is 0.0909. The minimum atomic E-state index is -0.936. The Labute approximate surface area is 155 Å². The van der Waals surface area contributed by atoms with Crippen LogP contribution in [0.25, 0.3) is 33.5 Å². The number of hydrogen-bond donors (Lipinski definition) is 1. The number of rotatable bonds is 5. The quantitative estimate of drug-likeness (QED) is 0.542. The Morgan fingerprint density at radius 2 is 1.89 bits per heavy atom. The summed E-state index contributed by atoms with van der Waals surface area (Å²) in [5.41, 5.74) is 2.74. The number of nitrogens with zero attached hydrogens (tertiary/aromatic N) is 1. The van der Waals surface area contributed by atoms with Crippen molar-refractivity contribution in [3.05, 3.63) is 72.1 Å². The average Bonchev–Trinajstić information content (AvgIpc) is 3.11. The number of ether oxygens (including phenoxy) is 1. The Morgan fingerprint density at radius 3 is 2.67 bits per heavy atom. The highest BCUT2D eigenvalue weighted by molar-refractivity contribution is 5.93. The van der Waals surface area contributed by atoms with Gasteiger partial charge in [-0.25, -0.2) is 4.98 Å². The SMILES string of the molecule is COc1ccc2cc(C=C(CC(=O)O)c3nc4ccccc4o3)ccc2c1. The van der Waals surface area contributed by atoms with Crippen molar-refractivity contribution < 1.29 is 19.1 Å². The van der Waals surface area contributed by atoms with E-state index in [2.05, 4.69) is 4.98 Å². The highest BCUT2D eigenvalue weighted by atomic mass is 16.5. The van der Waals surface area contributed by atoms with Gasteiger partial charge in [-0.2, -0.15) is 0 Å². The minimum Gasteiger partial charge on any atom is -0.497 e. The minimum absolute atomic E-state index is 0.173. The highest BCUT2D eigenvalue weighted by Gasteiger charge is 2.14. The number of oxazole rings is 1. The van der Waals surface area contributed by atoms with E-state index in [1.54, 1.807) is 7.11 Å². The summed E-state index contributed by atoms with van der Waals surface area (Å²) in [5, 5.41) is 11.4. The number of aliphatic carboxylic acids is 1. The first-order chi connectivity index (χ1) is 13.1. The smallest absolute Gasteiger partial charge is 0.308 e. The van der Waals surface area contributed by atoms with E-state index in [0.717, 1.165) is 22.1 Å². The number of benzene rings is 3. The zero-order chi connectivity index (χ0) is 18.8. The maximum absolute atomic E-state index is 11.3. The van der Waals surface area contributed by atoms with Gasteiger partial charge in [-0.3, -0.25) is 4.79 Å². The highest BCUT2D eigenvalue weighted by Crippen LogP contribution is 2.27. The predicted octanol–water partition coefficient (Wildman–Crippen LogP) is 5.00. The van der Waals surface area contributed by atoms with Crippen molar-refractivity contribution in [1.82, 2.24) is 4.98 Å². The van der Waals surface area contributed by atoms with Crippen LogP contribution in [0.3, 0.4) is 0 Å². The molecule has 0 aliphatic carbocycles. The third kappa shape index (κ3) is 3.53. The van der Waals surface area contributed by atoms with Gasteiger partial charge in [0.2, 0.25) is 5.89 Å². The molecule has 0 radical (unpaired) electrons. The van der Waals surface area contributed by atoms with Crippen LogP contribution in [0, 0.1) is 0 Å². The molecule has 0 unspecified atom stereocenters.